The summed E-state index contributed by atoms with van der Waals surface area (Å²) >= 11 is 0. The van der Waals surface area contributed by atoms with Crippen LogP contribution in [0.1, 0.15) is 122 Å². The second-order valence-corrected chi connectivity index (χ2v) is 16.6. The largest absolute Gasteiger partial charge is 0.355 e. The SMILES string of the molecule is CCC1=C(C)c2nc1cc1nc(cc3[nH]c(cc4[nH]c(cc5[nH]c2c(C)c5CC)c(C)c4CC(=O)NCCc2cnc[nH]2)c(CC)c3CC)C(CC(=O)NCCc2cnc[nH]2)=C1C. The highest BCUT2D eigenvalue weighted by atomic mass is 16.2. The van der Waals surface area contributed by atoms with Crippen LogP contribution in [0.25, 0.3) is 55.4 Å². The molecule has 6 aromatic heterocycles. The third-order valence-corrected chi connectivity index (χ3v) is 12.9. The summed E-state index contributed by atoms with van der Waals surface area (Å²) in [5, 5.41) is 6.25. The molecule has 7 N–H and O–H groups in total. The van der Waals surface area contributed by atoms with Crippen molar-refractivity contribution in [1.82, 2.24) is 55.5 Å². The highest BCUT2D eigenvalue weighted by molar-refractivity contribution is 6.02. The van der Waals surface area contributed by atoms with Gasteiger partial charge in [0.15, 0.2) is 0 Å². The molecular formula is C50H59N11O2. The van der Waals surface area contributed by atoms with Gasteiger partial charge in [-0.1, -0.05) is 27.7 Å². The first kappa shape index (κ1) is 42.9. The fourth-order valence-corrected chi connectivity index (χ4v) is 9.37. The Hall–Kier alpha value is -6.76. The molecule has 326 valence electrons. The van der Waals surface area contributed by atoms with E-state index in [1.165, 1.54) is 27.8 Å². The number of fused-ring (bicyclic) bond motifs is 11. The second kappa shape index (κ2) is 18.3. The van der Waals surface area contributed by atoms with Crippen LogP contribution in [0.2, 0.25) is 0 Å². The number of imidazole rings is 2. The van der Waals surface area contributed by atoms with Gasteiger partial charge in [-0.2, -0.15) is 0 Å². The van der Waals surface area contributed by atoms with Gasteiger partial charge in [0.2, 0.25) is 11.8 Å². The number of allylic oxidation sites excluding steroid dienone is 3. The van der Waals surface area contributed by atoms with Crippen LogP contribution in [0, 0.1) is 13.8 Å². The van der Waals surface area contributed by atoms with Crippen molar-refractivity contribution in [3.63, 3.8) is 0 Å². The van der Waals surface area contributed by atoms with Gasteiger partial charge in [0.25, 0.3) is 0 Å². The maximum absolute atomic E-state index is 13.7. The number of amides is 2. The number of aryl methyl sites for hydroxylation is 5. The van der Waals surface area contributed by atoms with Crippen molar-refractivity contribution < 1.29 is 9.59 Å². The molecule has 0 saturated carbocycles. The van der Waals surface area contributed by atoms with Crippen LogP contribution in [0.3, 0.4) is 0 Å². The zero-order valence-corrected chi connectivity index (χ0v) is 37.8. The van der Waals surface area contributed by atoms with Gasteiger partial charge >= 0.3 is 0 Å². The number of aromatic amines is 5. The van der Waals surface area contributed by atoms with Crippen molar-refractivity contribution in [3.05, 3.63) is 117 Å². The summed E-state index contributed by atoms with van der Waals surface area (Å²) in [6.07, 6.45) is 11.8. The van der Waals surface area contributed by atoms with Crippen molar-refractivity contribution in [2.45, 2.75) is 107 Å². The van der Waals surface area contributed by atoms with Gasteiger partial charge in [0, 0.05) is 77.3 Å². The van der Waals surface area contributed by atoms with Crippen LogP contribution in [0.15, 0.2) is 49.3 Å². The number of carbonyl (C=O) groups excluding carboxylic acids is 2. The fourth-order valence-electron chi connectivity index (χ4n) is 9.37. The first-order valence-electron chi connectivity index (χ1n) is 22.4. The third-order valence-electron chi connectivity index (χ3n) is 12.9. The minimum absolute atomic E-state index is 0.0478. The van der Waals surface area contributed by atoms with Gasteiger partial charge in [0.05, 0.1) is 53.8 Å². The van der Waals surface area contributed by atoms with Gasteiger partial charge in [-0.15, -0.1) is 0 Å². The van der Waals surface area contributed by atoms with Crippen LogP contribution >= 0.6 is 0 Å². The molecule has 2 aliphatic rings. The van der Waals surface area contributed by atoms with Gasteiger partial charge in [-0.25, -0.2) is 19.9 Å². The first-order valence-corrected chi connectivity index (χ1v) is 22.4. The molecule has 0 atom stereocenters. The van der Waals surface area contributed by atoms with E-state index < -0.39 is 0 Å². The van der Waals surface area contributed by atoms with Crippen LogP contribution in [-0.2, 0) is 48.1 Å². The van der Waals surface area contributed by atoms with Crippen molar-refractivity contribution in [2.24, 2.45) is 0 Å². The molecule has 0 unspecified atom stereocenters. The summed E-state index contributed by atoms with van der Waals surface area (Å²) in [6.45, 7) is 18.2. The van der Waals surface area contributed by atoms with E-state index in [2.05, 4.69) is 125 Å². The lowest BCUT2D eigenvalue weighted by atomic mass is 10.00. The number of aromatic nitrogens is 9. The van der Waals surface area contributed by atoms with E-state index >= 15 is 0 Å². The van der Waals surface area contributed by atoms with E-state index in [-0.39, 0.29) is 24.7 Å². The summed E-state index contributed by atoms with van der Waals surface area (Å²) in [7, 11) is 0. The Morgan fingerprint density at radius 1 is 0.540 bits per heavy atom. The Kier molecular flexibility index (Phi) is 12.5. The predicted octanol–water partition coefficient (Wildman–Crippen LogP) is 9.03. The predicted molar refractivity (Wildman–Crippen MR) is 253 cm³/mol. The summed E-state index contributed by atoms with van der Waals surface area (Å²) < 4.78 is 0. The van der Waals surface area contributed by atoms with E-state index in [0.717, 1.165) is 121 Å². The van der Waals surface area contributed by atoms with Crippen molar-refractivity contribution in [3.8, 4) is 0 Å². The minimum Gasteiger partial charge on any atom is -0.355 e. The lowest BCUT2D eigenvalue weighted by Crippen LogP contribution is -2.27. The van der Waals surface area contributed by atoms with Gasteiger partial charge in [-0.05, 0) is 133 Å². The molecule has 10 bridgehead atoms. The molecule has 0 spiro atoms. The van der Waals surface area contributed by atoms with Gasteiger partial charge in [0.1, 0.15) is 0 Å². The van der Waals surface area contributed by atoms with Crippen molar-refractivity contribution in [2.75, 3.05) is 13.1 Å². The lowest BCUT2D eigenvalue weighted by Gasteiger charge is -2.07. The van der Waals surface area contributed by atoms with Gasteiger partial charge in [-0.3, -0.25) is 9.59 Å². The maximum Gasteiger partial charge on any atom is 0.224 e. The Bertz CT molecular complexity index is 2970. The highest BCUT2D eigenvalue weighted by Crippen LogP contribution is 2.39. The number of hydrogen-bond donors (Lipinski definition) is 7. The summed E-state index contributed by atoms with van der Waals surface area (Å²) in [5.41, 5.74) is 22.0. The smallest absolute Gasteiger partial charge is 0.224 e. The number of hydrogen-bond acceptors (Lipinski definition) is 6. The molecule has 0 fully saturated rings. The summed E-state index contributed by atoms with van der Waals surface area (Å²) in [4.78, 5) is 63.8. The molecule has 6 aromatic rings. The fraction of sp³-hybridized carbons (Fsp3) is 0.360. The third kappa shape index (κ3) is 8.56. The number of nitrogens with zero attached hydrogens (tertiary/aromatic N) is 4. The van der Waals surface area contributed by atoms with E-state index in [1.807, 2.05) is 0 Å². The first-order chi connectivity index (χ1) is 30.5. The summed E-state index contributed by atoms with van der Waals surface area (Å²) in [5.74, 6) is -0.115. The van der Waals surface area contributed by atoms with Crippen LogP contribution < -0.4 is 10.6 Å². The number of nitrogens with one attached hydrogen (secondary N) is 7. The molecule has 0 saturated heterocycles. The average Bonchev–Trinajstić information content (AvgIpc) is 4.15. The molecule has 0 aromatic carbocycles. The van der Waals surface area contributed by atoms with E-state index in [4.69, 9.17) is 9.97 Å². The zero-order chi connectivity index (χ0) is 44.4. The zero-order valence-electron chi connectivity index (χ0n) is 37.8. The number of carbonyl (C=O) groups is 2. The van der Waals surface area contributed by atoms with Crippen molar-refractivity contribution in [1.29, 1.82) is 0 Å². The monoisotopic (exact) mass is 845 g/mol. The average molecular weight is 846 g/mol. The molecule has 2 amide bonds. The molecule has 13 heteroatoms. The van der Waals surface area contributed by atoms with Crippen LogP contribution in [0.4, 0.5) is 0 Å². The maximum atomic E-state index is 13.7. The molecular weight excluding hydrogens is 787 g/mol. The molecule has 2 aliphatic heterocycles. The van der Waals surface area contributed by atoms with E-state index in [9.17, 15) is 9.59 Å². The quantitative estimate of drug-likeness (QED) is 0.0573. The van der Waals surface area contributed by atoms with Gasteiger partial charge < -0.3 is 35.6 Å². The Balaban J connectivity index is 1.36. The standard InChI is InChI=1S/C50H59N11O2/c1-9-33-29(7)49-50-30(8)34(10-2)42(61-50)20-40-28(6)38(18-48(63)54-16-14-32-24-52-26-56-32)46(58-40)22-44-36(12-4)35(11-3)43(59-44)21-45-37(27(5)39(57-45)19-41(33)60-49)17-47(62)53-15-13-31-23-51-25-55-31/h19-26,57,59-60H,9-18H2,1-8H3,(H,51,55)(H,52,56)(H,53,62)(H,54,63). The summed E-state index contributed by atoms with van der Waals surface area (Å²) in [6, 6.07) is 8.57. The van der Waals surface area contributed by atoms with Crippen LogP contribution in [0.5, 0.6) is 0 Å². The topological polar surface area (TPSA) is 189 Å². The molecule has 13 nitrogen and oxygen atoms in total. The number of rotatable bonds is 14. The number of H-pyrrole nitrogens is 5. The minimum atomic E-state index is -0.0673. The van der Waals surface area contributed by atoms with E-state index in [0.29, 0.717) is 25.9 Å². The molecule has 0 radical (unpaired) electrons. The highest BCUT2D eigenvalue weighted by Gasteiger charge is 2.24. The Labute approximate surface area is 367 Å². The van der Waals surface area contributed by atoms with E-state index in [1.54, 1.807) is 25.0 Å². The normalized spacial score (nSPS) is 12.8. The van der Waals surface area contributed by atoms with Crippen LogP contribution in [-0.4, -0.2) is 69.8 Å². The molecule has 8 rings (SSSR count). The molecule has 8 heterocycles. The molecule has 0 aliphatic carbocycles. The Morgan fingerprint density at radius 2 is 1.10 bits per heavy atom. The molecule has 63 heavy (non-hydrogen) atoms. The Morgan fingerprint density at radius 3 is 1.70 bits per heavy atom. The second-order valence-electron chi connectivity index (χ2n) is 16.6. The van der Waals surface area contributed by atoms with Crippen molar-refractivity contribution >= 4 is 67.2 Å². The lowest BCUT2D eigenvalue weighted by molar-refractivity contribution is -0.121.